The second-order valence-corrected chi connectivity index (χ2v) is 4.99. The van der Waals surface area contributed by atoms with Crippen molar-refractivity contribution in [2.45, 2.75) is 27.3 Å². The minimum Gasteiger partial charge on any atom is -0.343 e. The molecule has 0 aliphatic heterocycles. The number of nitrogens with one attached hydrogen (secondary N) is 1. The average molecular weight is 330 g/mol. The topological polar surface area (TPSA) is 54.3 Å². The lowest BCUT2D eigenvalue weighted by atomic mass is 10.3. The molecule has 0 unspecified atom stereocenters. The Kier molecular flexibility index (Phi) is 6.08. The predicted octanol–water partition coefficient (Wildman–Crippen LogP) is 1.87. The van der Waals surface area contributed by atoms with Crippen molar-refractivity contribution in [2.24, 2.45) is 0 Å². The van der Waals surface area contributed by atoms with Gasteiger partial charge in [-0.25, -0.2) is 0 Å². The minimum atomic E-state index is -0.229. The number of aromatic nitrogens is 1. The number of amides is 2. The Labute approximate surface area is 122 Å². The van der Waals surface area contributed by atoms with E-state index in [0.29, 0.717) is 25.3 Å². The summed E-state index contributed by atoms with van der Waals surface area (Å²) in [6.45, 7) is 7.85. The summed E-state index contributed by atoms with van der Waals surface area (Å²) in [5.74, 6) is -0.292. The molecule has 1 N–H and O–H groups in total. The molecule has 1 heterocycles. The van der Waals surface area contributed by atoms with Gasteiger partial charge < -0.3 is 14.8 Å². The van der Waals surface area contributed by atoms with Crippen LogP contribution in [0.1, 0.15) is 31.3 Å². The van der Waals surface area contributed by atoms with Gasteiger partial charge in [0.25, 0.3) is 5.91 Å². The van der Waals surface area contributed by atoms with E-state index in [1.54, 1.807) is 11.0 Å². The Morgan fingerprint density at radius 1 is 1.32 bits per heavy atom. The molecule has 0 aliphatic carbocycles. The first kappa shape index (κ1) is 15.8. The van der Waals surface area contributed by atoms with Crippen molar-refractivity contribution >= 4 is 27.7 Å². The van der Waals surface area contributed by atoms with Crippen molar-refractivity contribution in [3.63, 3.8) is 0 Å². The molecule has 6 heteroatoms. The second-order valence-electron chi connectivity index (χ2n) is 4.08. The van der Waals surface area contributed by atoms with Crippen LogP contribution in [0, 0.1) is 0 Å². The summed E-state index contributed by atoms with van der Waals surface area (Å²) in [7, 11) is 0. The zero-order valence-corrected chi connectivity index (χ0v) is 13.2. The monoisotopic (exact) mass is 329 g/mol. The number of aryl methyl sites for hydroxylation is 1. The fourth-order valence-electron chi connectivity index (χ4n) is 1.86. The van der Waals surface area contributed by atoms with Crippen molar-refractivity contribution in [1.29, 1.82) is 0 Å². The summed E-state index contributed by atoms with van der Waals surface area (Å²) < 4.78 is 2.69. The summed E-state index contributed by atoms with van der Waals surface area (Å²) in [6, 6.07) is 1.75. The summed E-state index contributed by atoms with van der Waals surface area (Å²) in [6.07, 6.45) is 1.85. The Morgan fingerprint density at radius 3 is 2.47 bits per heavy atom. The van der Waals surface area contributed by atoms with E-state index in [2.05, 4.69) is 21.2 Å². The van der Waals surface area contributed by atoms with E-state index >= 15 is 0 Å². The van der Waals surface area contributed by atoms with Gasteiger partial charge in [0.15, 0.2) is 0 Å². The molecule has 0 radical (unpaired) electrons. The lowest BCUT2D eigenvalue weighted by Crippen LogP contribution is -2.40. The molecule has 5 nitrogen and oxygen atoms in total. The highest BCUT2D eigenvalue weighted by Crippen LogP contribution is 2.14. The molecular weight excluding hydrogens is 310 g/mol. The van der Waals surface area contributed by atoms with Crippen LogP contribution in [-0.2, 0) is 11.3 Å². The van der Waals surface area contributed by atoms with Crippen molar-refractivity contribution in [3.8, 4) is 0 Å². The van der Waals surface area contributed by atoms with E-state index in [1.165, 1.54) is 0 Å². The number of carbonyl (C=O) groups is 2. The third-order valence-corrected chi connectivity index (χ3v) is 3.39. The maximum atomic E-state index is 12.0. The van der Waals surface area contributed by atoms with Crippen molar-refractivity contribution in [2.75, 3.05) is 19.6 Å². The fourth-order valence-corrected chi connectivity index (χ4v) is 2.33. The molecule has 1 rings (SSSR count). The van der Waals surface area contributed by atoms with Gasteiger partial charge in [0.05, 0.1) is 6.54 Å². The molecule has 0 fully saturated rings. The van der Waals surface area contributed by atoms with Gasteiger partial charge in [0.1, 0.15) is 5.69 Å². The number of nitrogens with zero attached hydrogens (tertiary/aromatic N) is 2. The Bertz CT molecular complexity index is 453. The second kappa shape index (κ2) is 7.33. The highest BCUT2D eigenvalue weighted by molar-refractivity contribution is 9.10. The number of hydrogen-bond donors (Lipinski definition) is 1. The van der Waals surface area contributed by atoms with Crippen LogP contribution in [-0.4, -0.2) is 40.9 Å². The SMILES string of the molecule is CCN(CC)C(=O)CNC(=O)c1cc(Br)cn1CC. The highest BCUT2D eigenvalue weighted by atomic mass is 79.9. The maximum absolute atomic E-state index is 12.0. The van der Waals surface area contributed by atoms with Crippen LogP contribution in [0.4, 0.5) is 0 Å². The van der Waals surface area contributed by atoms with Gasteiger partial charge in [0.2, 0.25) is 5.91 Å². The van der Waals surface area contributed by atoms with Gasteiger partial charge >= 0.3 is 0 Å². The van der Waals surface area contributed by atoms with Crippen LogP contribution in [0.5, 0.6) is 0 Å². The molecule has 0 spiro atoms. The van der Waals surface area contributed by atoms with E-state index in [0.717, 1.165) is 4.47 Å². The zero-order chi connectivity index (χ0) is 14.4. The molecule has 0 bridgehead atoms. The van der Waals surface area contributed by atoms with Crippen LogP contribution in [0.25, 0.3) is 0 Å². The molecule has 0 saturated heterocycles. The normalized spacial score (nSPS) is 10.3. The first-order chi connectivity index (χ1) is 9.03. The van der Waals surface area contributed by atoms with Crippen molar-refractivity contribution < 1.29 is 9.59 Å². The molecule has 0 saturated carbocycles. The van der Waals surface area contributed by atoms with Crippen LogP contribution in [0.2, 0.25) is 0 Å². The quantitative estimate of drug-likeness (QED) is 0.866. The highest BCUT2D eigenvalue weighted by Gasteiger charge is 2.15. The first-order valence-corrected chi connectivity index (χ1v) is 7.24. The number of rotatable bonds is 6. The first-order valence-electron chi connectivity index (χ1n) is 6.45. The summed E-state index contributed by atoms with van der Waals surface area (Å²) in [4.78, 5) is 25.5. The van der Waals surface area contributed by atoms with Crippen LogP contribution in [0.3, 0.4) is 0 Å². The van der Waals surface area contributed by atoms with Crippen LogP contribution in [0.15, 0.2) is 16.7 Å². The lowest BCUT2D eigenvalue weighted by Gasteiger charge is -2.18. The van der Waals surface area contributed by atoms with E-state index in [4.69, 9.17) is 0 Å². The van der Waals surface area contributed by atoms with Gasteiger partial charge in [-0.3, -0.25) is 9.59 Å². The van der Waals surface area contributed by atoms with Gasteiger partial charge in [0, 0.05) is 30.3 Å². The van der Waals surface area contributed by atoms with E-state index < -0.39 is 0 Å². The lowest BCUT2D eigenvalue weighted by molar-refractivity contribution is -0.129. The number of likely N-dealkylation sites (N-methyl/N-ethyl adjacent to an activating group) is 1. The fraction of sp³-hybridized carbons (Fsp3) is 0.538. The number of halogens is 1. The Hall–Kier alpha value is -1.30. The predicted molar refractivity (Wildman–Crippen MR) is 78.1 cm³/mol. The van der Waals surface area contributed by atoms with E-state index in [1.807, 2.05) is 31.5 Å². The van der Waals surface area contributed by atoms with Gasteiger partial charge in [-0.05, 0) is 42.8 Å². The third-order valence-electron chi connectivity index (χ3n) is 2.95. The maximum Gasteiger partial charge on any atom is 0.268 e. The van der Waals surface area contributed by atoms with Crippen molar-refractivity contribution in [3.05, 3.63) is 22.4 Å². The smallest absolute Gasteiger partial charge is 0.268 e. The zero-order valence-electron chi connectivity index (χ0n) is 11.6. The molecule has 0 aliphatic rings. The number of carbonyl (C=O) groups excluding carboxylic acids is 2. The molecular formula is C13H20BrN3O2. The van der Waals surface area contributed by atoms with Crippen LogP contribution < -0.4 is 5.32 Å². The molecule has 0 atom stereocenters. The average Bonchev–Trinajstić information content (AvgIpc) is 2.78. The standard InChI is InChI=1S/C13H20BrN3O2/c1-4-16(5-2)12(18)8-15-13(19)11-7-10(14)9-17(11)6-3/h7,9H,4-6,8H2,1-3H3,(H,15,19). The largest absolute Gasteiger partial charge is 0.343 e. The van der Waals surface area contributed by atoms with Crippen molar-refractivity contribution in [1.82, 2.24) is 14.8 Å². The van der Waals surface area contributed by atoms with Crippen LogP contribution >= 0.6 is 15.9 Å². The molecule has 106 valence electrons. The summed E-state index contributed by atoms with van der Waals surface area (Å²) >= 11 is 3.34. The number of hydrogen-bond acceptors (Lipinski definition) is 2. The molecule has 1 aromatic rings. The third kappa shape index (κ3) is 4.09. The summed E-state index contributed by atoms with van der Waals surface area (Å²) in [5.41, 5.74) is 0.557. The Morgan fingerprint density at radius 2 is 1.95 bits per heavy atom. The summed E-state index contributed by atoms with van der Waals surface area (Å²) in [5, 5.41) is 2.66. The van der Waals surface area contributed by atoms with Gasteiger partial charge in [-0.2, -0.15) is 0 Å². The molecule has 1 aromatic heterocycles. The van der Waals surface area contributed by atoms with E-state index in [9.17, 15) is 9.59 Å². The molecule has 19 heavy (non-hydrogen) atoms. The molecule has 0 aromatic carbocycles. The molecule has 2 amide bonds. The van der Waals surface area contributed by atoms with Gasteiger partial charge in [-0.15, -0.1) is 0 Å². The minimum absolute atomic E-state index is 0.0347. The van der Waals surface area contributed by atoms with E-state index in [-0.39, 0.29) is 18.4 Å². The van der Waals surface area contributed by atoms with Gasteiger partial charge in [-0.1, -0.05) is 0 Å². The Balaban J connectivity index is 2.62.